The largest absolute Gasteiger partial charge is 0.358 e. The van der Waals surface area contributed by atoms with Crippen LogP contribution < -0.4 is 10.3 Å². The third-order valence-corrected chi connectivity index (χ3v) is 7.62. The lowest BCUT2D eigenvalue weighted by atomic mass is 10.1. The molecule has 6 aromatic rings. The van der Waals surface area contributed by atoms with E-state index in [1.54, 1.807) is 42.0 Å². The van der Waals surface area contributed by atoms with Gasteiger partial charge < -0.3 is 9.88 Å². The number of rotatable bonds is 7. The molecule has 9 heteroatoms. The minimum Gasteiger partial charge on any atom is -0.358 e. The van der Waals surface area contributed by atoms with E-state index in [0.717, 1.165) is 48.5 Å². The molecule has 2 aromatic carbocycles. The molecule has 8 nitrogen and oxygen atoms in total. The summed E-state index contributed by atoms with van der Waals surface area (Å²) >= 11 is 1.61. The molecule has 0 aliphatic carbocycles. The number of carbonyl (C=O) groups is 1. The van der Waals surface area contributed by atoms with Crippen LogP contribution in [0.5, 0.6) is 0 Å². The minimum atomic E-state index is -0.0816. The number of aryl methyl sites for hydroxylation is 1. The van der Waals surface area contributed by atoms with E-state index in [0.29, 0.717) is 17.8 Å². The monoisotopic (exact) mass is 531 g/mol. The van der Waals surface area contributed by atoms with Crippen molar-refractivity contribution in [1.29, 1.82) is 0 Å². The summed E-state index contributed by atoms with van der Waals surface area (Å²) in [5.41, 5.74) is 8.70. The van der Waals surface area contributed by atoms with E-state index in [1.807, 2.05) is 61.7 Å². The molecule has 0 radical (unpaired) electrons. The number of fused-ring (bicyclic) bond motifs is 2. The molecule has 1 amide bonds. The van der Waals surface area contributed by atoms with Crippen molar-refractivity contribution >= 4 is 56.1 Å². The second-order valence-electron chi connectivity index (χ2n) is 9.19. The molecular formula is C30H25N7OS. The van der Waals surface area contributed by atoms with Gasteiger partial charge in [0.15, 0.2) is 5.82 Å². The van der Waals surface area contributed by atoms with Crippen LogP contribution >= 0.6 is 11.3 Å². The van der Waals surface area contributed by atoms with E-state index in [2.05, 4.69) is 48.7 Å². The van der Waals surface area contributed by atoms with Crippen molar-refractivity contribution in [2.45, 2.75) is 13.3 Å². The number of hydrazone groups is 1. The van der Waals surface area contributed by atoms with Gasteiger partial charge in [-0.1, -0.05) is 30.3 Å². The smallest absolute Gasteiger partial charge is 0.258 e. The SMILES string of the molecule is Cc1[nH]c2ccccc2c1C=NNc1ncnc2sc(Cc3cccc(C(=O)N(C)c4cccnc4)c3)cc12. The molecule has 0 saturated carbocycles. The van der Waals surface area contributed by atoms with Crippen LogP contribution in [0.3, 0.4) is 0 Å². The highest BCUT2D eigenvalue weighted by atomic mass is 32.1. The number of benzene rings is 2. The number of pyridine rings is 1. The van der Waals surface area contributed by atoms with E-state index < -0.39 is 0 Å². The first kappa shape index (κ1) is 24.4. The topological polar surface area (TPSA) is 99.2 Å². The van der Waals surface area contributed by atoms with Crippen LogP contribution in [0.25, 0.3) is 21.1 Å². The number of aromatic amines is 1. The standard InChI is InChI=1S/C30H25N7OS/c1-19-26(24-10-3-4-11-27(24)35-19)17-34-36-28-25-15-23(39-29(25)33-18-32-28)14-20-7-5-8-21(13-20)30(38)37(2)22-9-6-12-31-16-22/h3-13,15-18,35H,14H2,1-2H3,(H,32,33,36). The summed E-state index contributed by atoms with van der Waals surface area (Å²) in [6.45, 7) is 2.04. The van der Waals surface area contributed by atoms with Gasteiger partial charge in [-0.2, -0.15) is 5.10 Å². The molecule has 0 saturated heterocycles. The lowest BCUT2D eigenvalue weighted by molar-refractivity contribution is 0.0993. The summed E-state index contributed by atoms with van der Waals surface area (Å²) in [6, 6.07) is 21.7. The predicted octanol–water partition coefficient (Wildman–Crippen LogP) is 6.19. The molecule has 192 valence electrons. The zero-order valence-corrected chi connectivity index (χ0v) is 22.2. The maximum absolute atomic E-state index is 13.1. The number of para-hydroxylation sites is 1. The fourth-order valence-electron chi connectivity index (χ4n) is 4.58. The van der Waals surface area contributed by atoms with Crippen LogP contribution in [0, 0.1) is 6.92 Å². The van der Waals surface area contributed by atoms with Gasteiger partial charge >= 0.3 is 0 Å². The number of anilines is 2. The minimum absolute atomic E-state index is 0.0816. The quantitative estimate of drug-likeness (QED) is 0.189. The molecule has 0 bridgehead atoms. The molecule has 39 heavy (non-hydrogen) atoms. The van der Waals surface area contributed by atoms with Gasteiger partial charge in [0, 0.05) is 52.3 Å². The van der Waals surface area contributed by atoms with E-state index in [9.17, 15) is 4.79 Å². The fourth-order valence-corrected chi connectivity index (χ4v) is 5.61. The summed E-state index contributed by atoms with van der Waals surface area (Å²) in [7, 11) is 1.76. The van der Waals surface area contributed by atoms with Crippen molar-refractivity contribution in [3.8, 4) is 0 Å². The molecule has 0 fully saturated rings. The number of amides is 1. The Morgan fingerprint density at radius 1 is 1.08 bits per heavy atom. The average Bonchev–Trinajstić information content (AvgIpc) is 3.53. The van der Waals surface area contributed by atoms with Crippen molar-refractivity contribution in [2.24, 2.45) is 5.10 Å². The van der Waals surface area contributed by atoms with Crippen molar-refractivity contribution in [3.63, 3.8) is 0 Å². The first-order valence-corrected chi connectivity index (χ1v) is 13.3. The van der Waals surface area contributed by atoms with Crippen LogP contribution in [0.1, 0.15) is 32.1 Å². The van der Waals surface area contributed by atoms with E-state index in [-0.39, 0.29) is 5.91 Å². The molecular weight excluding hydrogens is 506 g/mol. The first-order valence-electron chi connectivity index (χ1n) is 12.4. The number of hydrogen-bond donors (Lipinski definition) is 2. The van der Waals surface area contributed by atoms with Crippen molar-refractivity contribution < 1.29 is 4.79 Å². The van der Waals surface area contributed by atoms with E-state index in [4.69, 9.17) is 0 Å². The van der Waals surface area contributed by atoms with Gasteiger partial charge in [0.05, 0.1) is 23.5 Å². The summed E-state index contributed by atoms with van der Waals surface area (Å²) in [5, 5.41) is 6.52. The highest BCUT2D eigenvalue weighted by Crippen LogP contribution is 2.30. The van der Waals surface area contributed by atoms with Crippen molar-refractivity contribution in [3.05, 3.63) is 113 Å². The van der Waals surface area contributed by atoms with Gasteiger partial charge in [0.25, 0.3) is 5.91 Å². The van der Waals surface area contributed by atoms with Gasteiger partial charge in [0.2, 0.25) is 0 Å². The van der Waals surface area contributed by atoms with Gasteiger partial charge in [-0.05, 0) is 48.9 Å². The zero-order chi connectivity index (χ0) is 26.8. The Morgan fingerprint density at radius 2 is 1.97 bits per heavy atom. The molecule has 2 N–H and O–H groups in total. The maximum Gasteiger partial charge on any atom is 0.258 e. The zero-order valence-electron chi connectivity index (χ0n) is 21.4. The molecule has 0 unspecified atom stereocenters. The third kappa shape index (κ3) is 4.99. The number of thiophene rings is 1. The molecule has 4 heterocycles. The highest BCUT2D eigenvalue weighted by molar-refractivity contribution is 7.18. The second kappa shape index (κ2) is 10.5. The highest BCUT2D eigenvalue weighted by Gasteiger charge is 2.15. The number of carbonyl (C=O) groups excluding carboxylic acids is 1. The lowest BCUT2D eigenvalue weighted by Crippen LogP contribution is -2.26. The number of aromatic nitrogens is 4. The van der Waals surface area contributed by atoms with Crippen molar-refractivity contribution in [1.82, 2.24) is 19.9 Å². The van der Waals surface area contributed by atoms with Gasteiger partial charge in [-0.3, -0.25) is 15.2 Å². The van der Waals surface area contributed by atoms with Crippen molar-refractivity contribution in [2.75, 3.05) is 17.4 Å². The van der Waals surface area contributed by atoms with Crippen LogP contribution in [-0.4, -0.2) is 39.1 Å². The Bertz CT molecular complexity index is 1820. The number of nitrogens with one attached hydrogen (secondary N) is 2. The van der Waals surface area contributed by atoms with E-state index >= 15 is 0 Å². The van der Waals surface area contributed by atoms with Crippen LogP contribution in [-0.2, 0) is 6.42 Å². The third-order valence-electron chi connectivity index (χ3n) is 6.58. The Labute approximate surface area is 229 Å². The number of nitrogens with zero attached hydrogens (tertiary/aromatic N) is 5. The average molecular weight is 532 g/mol. The molecule has 6 rings (SSSR count). The first-order chi connectivity index (χ1) is 19.1. The molecule has 0 spiro atoms. The van der Waals surface area contributed by atoms with Crippen LogP contribution in [0.4, 0.5) is 11.5 Å². The molecule has 4 aromatic heterocycles. The molecule has 0 aliphatic rings. The van der Waals surface area contributed by atoms with E-state index in [1.165, 1.54) is 0 Å². The molecule has 0 atom stereocenters. The Balaban J connectivity index is 1.21. The Kier molecular flexibility index (Phi) is 6.56. The summed E-state index contributed by atoms with van der Waals surface area (Å²) in [5.74, 6) is 0.570. The second-order valence-corrected chi connectivity index (χ2v) is 10.3. The summed E-state index contributed by atoms with van der Waals surface area (Å²) in [6.07, 6.45) is 7.41. The maximum atomic E-state index is 13.1. The van der Waals surface area contributed by atoms with Gasteiger partial charge in [-0.25, -0.2) is 9.97 Å². The number of H-pyrrole nitrogens is 1. The van der Waals surface area contributed by atoms with Crippen LogP contribution in [0.15, 0.2) is 90.6 Å². The summed E-state index contributed by atoms with van der Waals surface area (Å²) < 4.78 is 0. The summed E-state index contributed by atoms with van der Waals surface area (Å²) in [4.78, 5) is 33.1. The predicted molar refractivity (Wildman–Crippen MR) is 158 cm³/mol. The number of hydrogen-bond acceptors (Lipinski definition) is 7. The molecule has 0 aliphatic heterocycles. The van der Waals surface area contributed by atoms with Crippen LogP contribution in [0.2, 0.25) is 0 Å². The lowest BCUT2D eigenvalue weighted by Gasteiger charge is -2.17. The normalized spacial score (nSPS) is 11.4. The Morgan fingerprint density at radius 3 is 2.85 bits per heavy atom. The fraction of sp³-hybridized carbons (Fsp3) is 0.100. The van der Waals surface area contributed by atoms with Gasteiger partial charge in [0.1, 0.15) is 11.2 Å². The van der Waals surface area contributed by atoms with Gasteiger partial charge in [-0.15, -0.1) is 11.3 Å². The Hall–Kier alpha value is -4.89.